The zero-order chi connectivity index (χ0) is 22.8. The van der Waals surface area contributed by atoms with E-state index in [1.807, 2.05) is 0 Å². The van der Waals surface area contributed by atoms with Gasteiger partial charge in [-0.2, -0.15) is 0 Å². The lowest BCUT2D eigenvalue weighted by atomic mass is 10.1. The van der Waals surface area contributed by atoms with Gasteiger partial charge < -0.3 is 29.9 Å². The number of hydrogen-bond donors (Lipinski definition) is 4. The van der Waals surface area contributed by atoms with E-state index in [1.54, 1.807) is 48.5 Å². The molecule has 0 aromatic heterocycles. The van der Waals surface area contributed by atoms with Crippen molar-refractivity contribution in [2.75, 3.05) is 26.9 Å². The van der Waals surface area contributed by atoms with Crippen molar-refractivity contribution in [3.05, 3.63) is 59.7 Å². The summed E-state index contributed by atoms with van der Waals surface area (Å²) < 4.78 is 9.07. The van der Waals surface area contributed by atoms with Gasteiger partial charge in [-0.25, -0.2) is 0 Å². The molecule has 1 aliphatic heterocycles. The number of aromatic hydroxyl groups is 2. The smallest absolute Gasteiger partial charge is 0.309 e. The van der Waals surface area contributed by atoms with E-state index in [0.717, 1.165) is 18.2 Å². The van der Waals surface area contributed by atoms with E-state index < -0.39 is 0 Å². The van der Waals surface area contributed by atoms with Gasteiger partial charge in [-0.3, -0.25) is 9.59 Å². The Morgan fingerprint density at radius 1 is 0.906 bits per heavy atom. The number of aliphatic hydroxyl groups is 2. The highest BCUT2D eigenvalue weighted by molar-refractivity contribution is 5.73. The number of ether oxygens (including phenoxy) is 2. The first-order valence-electron chi connectivity index (χ1n) is 9.31. The summed E-state index contributed by atoms with van der Waals surface area (Å²) in [6.45, 7) is 2.57. The minimum Gasteiger partial charge on any atom is -0.508 e. The number of esters is 2. The topological polar surface area (TPSA) is 134 Å². The third kappa shape index (κ3) is 17.7. The molecule has 2 aromatic rings. The van der Waals surface area contributed by atoms with E-state index in [-0.39, 0.29) is 44.9 Å². The van der Waals surface area contributed by atoms with Gasteiger partial charge in [-0.1, -0.05) is 39.1 Å². The maximum absolute atomic E-state index is 10.4. The van der Waals surface area contributed by atoms with Crippen molar-refractivity contribution in [3.63, 3.8) is 0 Å². The SMILES string of the molecule is C.C.CC(=O)OCCc1ccc(O)cc1.CO.O=C1CCO1.OCCc1ccc(O)cc1. The normalized spacial score (nSPS) is 10.3. The molecule has 8 nitrogen and oxygen atoms in total. The van der Waals surface area contributed by atoms with E-state index >= 15 is 0 Å². The summed E-state index contributed by atoms with van der Waals surface area (Å²) in [5, 5.41) is 33.4. The molecule has 182 valence electrons. The molecule has 32 heavy (non-hydrogen) atoms. The molecule has 0 amide bonds. The monoisotopic (exact) mass is 454 g/mol. The standard InChI is InChI=1S/C10H12O3.C8H10O2.C3H4O2.CH4O.2CH4/c1-8(11)13-7-6-9-2-4-10(12)5-3-9;9-6-5-7-1-3-8(10)4-2-7;4-3-1-2-5-3;1-2;;/h2-5,12H,6-7H2,1H3;1-4,9-10H,5-6H2;1-2H2;2H,1H3;2*1H4. The Kier molecular flexibility index (Phi) is 22.2. The molecule has 8 heteroatoms. The largest absolute Gasteiger partial charge is 0.508 e. The molecule has 1 heterocycles. The first-order valence-corrected chi connectivity index (χ1v) is 9.31. The van der Waals surface area contributed by atoms with Crippen LogP contribution in [-0.4, -0.2) is 59.3 Å². The minimum absolute atomic E-state index is 0. The number of carbonyl (C=O) groups excluding carboxylic acids is 2. The number of hydrogen-bond acceptors (Lipinski definition) is 8. The van der Waals surface area contributed by atoms with Crippen LogP contribution in [0.1, 0.15) is 39.3 Å². The number of cyclic esters (lactones) is 1. The van der Waals surface area contributed by atoms with Crippen LogP contribution in [0, 0.1) is 0 Å². The van der Waals surface area contributed by atoms with Gasteiger partial charge in [-0.05, 0) is 41.8 Å². The molecule has 0 radical (unpaired) electrons. The highest BCUT2D eigenvalue weighted by Gasteiger charge is 2.11. The Bertz CT molecular complexity index is 706. The van der Waals surface area contributed by atoms with Gasteiger partial charge in [0, 0.05) is 27.1 Å². The van der Waals surface area contributed by atoms with Crippen molar-refractivity contribution in [2.45, 2.75) is 41.0 Å². The second-order valence-corrected chi connectivity index (χ2v) is 5.87. The molecule has 2 aromatic carbocycles. The van der Waals surface area contributed by atoms with Crippen LogP contribution in [0.2, 0.25) is 0 Å². The van der Waals surface area contributed by atoms with Crippen molar-refractivity contribution in [1.29, 1.82) is 0 Å². The van der Waals surface area contributed by atoms with Crippen LogP contribution in [0.4, 0.5) is 0 Å². The Morgan fingerprint density at radius 2 is 1.28 bits per heavy atom. The number of phenols is 2. The molecule has 0 saturated carbocycles. The molecule has 1 aliphatic rings. The third-order valence-corrected chi connectivity index (χ3v) is 3.54. The predicted octanol–water partition coefficient (Wildman–Crippen LogP) is 3.24. The van der Waals surface area contributed by atoms with E-state index in [9.17, 15) is 9.59 Å². The van der Waals surface area contributed by atoms with Gasteiger partial charge >= 0.3 is 11.9 Å². The molecule has 0 bridgehead atoms. The second kappa shape index (κ2) is 21.1. The molecule has 0 spiro atoms. The first-order chi connectivity index (χ1) is 14.4. The highest BCUT2D eigenvalue weighted by Crippen LogP contribution is 2.10. The summed E-state index contributed by atoms with van der Waals surface area (Å²) in [4.78, 5) is 20.1. The molecule has 1 saturated heterocycles. The number of rotatable bonds is 5. The van der Waals surface area contributed by atoms with Gasteiger partial charge in [0.25, 0.3) is 0 Å². The molecule has 0 aliphatic carbocycles. The lowest BCUT2D eigenvalue weighted by molar-refractivity contribution is -0.157. The first kappa shape index (κ1) is 33.5. The summed E-state index contributed by atoms with van der Waals surface area (Å²) in [7, 11) is 1.00. The summed E-state index contributed by atoms with van der Waals surface area (Å²) in [5.41, 5.74) is 2.08. The fourth-order valence-corrected chi connectivity index (χ4v) is 1.95. The quantitative estimate of drug-likeness (QED) is 0.506. The number of carbonyl (C=O) groups is 2. The number of aliphatic hydroxyl groups excluding tert-OH is 2. The predicted molar refractivity (Wildman–Crippen MR) is 125 cm³/mol. The van der Waals surface area contributed by atoms with E-state index in [1.165, 1.54) is 6.92 Å². The Morgan fingerprint density at radius 3 is 1.56 bits per heavy atom. The zero-order valence-corrected chi connectivity index (χ0v) is 17.3. The highest BCUT2D eigenvalue weighted by atomic mass is 16.6. The van der Waals surface area contributed by atoms with Gasteiger partial charge in [0.1, 0.15) is 18.1 Å². The van der Waals surface area contributed by atoms with Crippen LogP contribution < -0.4 is 0 Å². The number of phenolic OH excluding ortho intramolecular Hbond substituents is 2. The van der Waals surface area contributed by atoms with E-state index in [2.05, 4.69) is 4.74 Å². The molecular weight excluding hydrogens is 416 g/mol. The maximum Gasteiger partial charge on any atom is 0.309 e. The van der Waals surface area contributed by atoms with Crippen LogP contribution in [-0.2, 0) is 31.9 Å². The Labute approximate surface area is 191 Å². The lowest BCUT2D eigenvalue weighted by Gasteiger charge is -2.09. The second-order valence-electron chi connectivity index (χ2n) is 5.87. The zero-order valence-electron chi connectivity index (χ0n) is 17.3. The molecular formula is C24H38O8. The Balaban J connectivity index is -0.000000394. The van der Waals surface area contributed by atoms with Crippen molar-refractivity contribution >= 4 is 11.9 Å². The van der Waals surface area contributed by atoms with Gasteiger partial charge in [0.15, 0.2) is 0 Å². The molecule has 3 rings (SSSR count). The fourth-order valence-electron chi connectivity index (χ4n) is 1.95. The van der Waals surface area contributed by atoms with Crippen molar-refractivity contribution < 1.29 is 39.5 Å². The fraction of sp³-hybridized carbons (Fsp3) is 0.417. The van der Waals surface area contributed by atoms with Gasteiger partial charge in [0.2, 0.25) is 0 Å². The van der Waals surface area contributed by atoms with Crippen LogP contribution in [0.5, 0.6) is 11.5 Å². The molecule has 0 unspecified atom stereocenters. The van der Waals surface area contributed by atoms with Crippen LogP contribution >= 0.6 is 0 Å². The maximum atomic E-state index is 10.4. The summed E-state index contributed by atoms with van der Waals surface area (Å²) in [6, 6.07) is 13.7. The van der Waals surface area contributed by atoms with Crippen LogP contribution in [0.3, 0.4) is 0 Å². The molecule has 4 N–H and O–H groups in total. The summed E-state index contributed by atoms with van der Waals surface area (Å²) in [6.07, 6.45) is 1.96. The Hall–Kier alpha value is -3.10. The van der Waals surface area contributed by atoms with Gasteiger partial charge in [-0.15, -0.1) is 0 Å². The van der Waals surface area contributed by atoms with E-state index in [4.69, 9.17) is 25.2 Å². The summed E-state index contributed by atoms with van der Waals surface area (Å²) >= 11 is 0. The van der Waals surface area contributed by atoms with Crippen molar-refractivity contribution in [1.82, 2.24) is 0 Å². The average molecular weight is 455 g/mol. The van der Waals surface area contributed by atoms with Crippen LogP contribution in [0.15, 0.2) is 48.5 Å². The third-order valence-electron chi connectivity index (χ3n) is 3.54. The van der Waals surface area contributed by atoms with E-state index in [0.29, 0.717) is 32.5 Å². The average Bonchev–Trinajstić information content (AvgIpc) is 2.72. The van der Waals surface area contributed by atoms with Crippen molar-refractivity contribution in [3.8, 4) is 11.5 Å². The van der Waals surface area contributed by atoms with Crippen LogP contribution in [0.25, 0.3) is 0 Å². The molecule has 1 fully saturated rings. The summed E-state index contributed by atoms with van der Waals surface area (Å²) in [5.74, 6) is 0.182. The lowest BCUT2D eigenvalue weighted by Crippen LogP contribution is -2.18. The van der Waals surface area contributed by atoms with Gasteiger partial charge in [0.05, 0.1) is 13.0 Å². The number of benzene rings is 2. The molecule has 0 atom stereocenters. The van der Waals surface area contributed by atoms with Crippen molar-refractivity contribution in [2.24, 2.45) is 0 Å². The minimum atomic E-state index is -0.265.